The largest absolute Gasteiger partial charge is 0.393 e. The van der Waals surface area contributed by atoms with Crippen LogP contribution in [0.15, 0.2) is 6.20 Å². The summed E-state index contributed by atoms with van der Waals surface area (Å²) in [7, 11) is 1.80. The Hall–Kier alpha value is -1.42. The average molecular weight is 250 g/mol. The van der Waals surface area contributed by atoms with E-state index < -0.39 is 5.60 Å². The van der Waals surface area contributed by atoms with Crippen molar-refractivity contribution in [2.75, 3.05) is 19.7 Å². The van der Waals surface area contributed by atoms with Crippen molar-refractivity contribution < 1.29 is 10.2 Å². The lowest BCUT2D eigenvalue weighted by atomic mass is 9.93. The quantitative estimate of drug-likeness (QED) is 0.763. The number of aliphatic hydroxyl groups excluding tert-OH is 1. The summed E-state index contributed by atoms with van der Waals surface area (Å²) >= 11 is 0. The molecule has 1 unspecified atom stereocenters. The third kappa shape index (κ3) is 2.53. The molecule has 18 heavy (non-hydrogen) atoms. The molecule has 0 bridgehead atoms. The van der Waals surface area contributed by atoms with Crippen LogP contribution in [0.25, 0.3) is 0 Å². The van der Waals surface area contributed by atoms with E-state index in [0.717, 1.165) is 18.7 Å². The van der Waals surface area contributed by atoms with Crippen LogP contribution in [-0.2, 0) is 13.6 Å². The van der Waals surface area contributed by atoms with Crippen molar-refractivity contribution in [1.29, 1.82) is 5.26 Å². The summed E-state index contributed by atoms with van der Waals surface area (Å²) in [5, 5.41) is 32.4. The Morgan fingerprint density at radius 1 is 1.61 bits per heavy atom. The zero-order chi connectivity index (χ0) is 13.2. The minimum Gasteiger partial charge on any atom is -0.393 e. The molecule has 1 aromatic heterocycles. The summed E-state index contributed by atoms with van der Waals surface area (Å²) in [6.45, 7) is 1.64. The van der Waals surface area contributed by atoms with Gasteiger partial charge in [0, 0.05) is 20.1 Å². The van der Waals surface area contributed by atoms with Gasteiger partial charge in [0.25, 0.3) is 0 Å². The monoisotopic (exact) mass is 250 g/mol. The van der Waals surface area contributed by atoms with E-state index >= 15 is 0 Å². The molecular formula is C12H18N4O2. The Bertz CT molecular complexity index is 465. The fourth-order valence-corrected chi connectivity index (χ4v) is 2.43. The first-order valence-corrected chi connectivity index (χ1v) is 6.04. The summed E-state index contributed by atoms with van der Waals surface area (Å²) in [5.41, 5.74) is 0.402. The minimum atomic E-state index is -1.01. The molecule has 1 aliphatic heterocycles. The molecule has 2 heterocycles. The maximum absolute atomic E-state index is 10.1. The van der Waals surface area contributed by atoms with Gasteiger partial charge in [0.1, 0.15) is 11.7 Å². The predicted octanol–water partition coefficient (Wildman–Crippen LogP) is -0.389. The summed E-state index contributed by atoms with van der Waals surface area (Å²) in [4.78, 5) is 2.05. The van der Waals surface area contributed by atoms with Crippen molar-refractivity contribution in [3.8, 4) is 6.07 Å². The molecule has 1 fully saturated rings. The maximum Gasteiger partial charge on any atom is 0.103 e. The number of aliphatic hydroxyl groups is 2. The Balaban J connectivity index is 2.10. The molecule has 0 spiro atoms. The fraction of sp³-hybridized carbons (Fsp3) is 0.667. The average Bonchev–Trinajstić information content (AvgIpc) is 2.71. The first kappa shape index (κ1) is 13.0. The number of hydrogen-bond donors (Lipinski definition) is 2. The Labute approximate surface area is 106 Å². The number of likely N-dealkylation sites (tertiary alicyclic amines) is 1. The lowest BCUT2D eigenvalue weighted by Gasteiger charge is -2.38. The minimum absolute atomic E-state index is 0.222. The van der Waals surface area contributed by atoms with Crippen LogP contribution in [0.2, 0.25) is 0 Å². The molecule has 6 nitrogen and oxygen atoms in total. The van der Waals surface area contributed by atoms with Gasteiger partial charge >= 0.3 is 0 Å². The third-order valence-corrected chi connectivity index (χ3v) is 3.48. The second-order valence-corrected chi connectivity index (χ2v) is 4.94. The van der Waals surface area contributed by atoms with Gasteiger partial charge in [0.15, 0.2) is 0 Å². The van der Waals surface area contributed by atoms with Gasteiger partial charge in [0.05, 0.1) is 24.1 Å². The van der Waals surface area contributed by atoms with E-state index in [1.165, 1.54) is 0 Å². The number of nitrogens with zero attached hydrogens (tertiary/aromatic N) is 4. The normalized spacial score (nSPS) is 25.0. The Morgan fingerprint density at radius 2 is 2.39 bits per heavy atom. The van der Waals surface area contributed by atoms with Crippen LogP contribution >= 0.6 is 0 Å². The van der Waals surface area contributed by atoms with Crippen LogP contribution in [0.3, 0.4) is 0 Å². The van der Waals surface area contributed by atoms with Crippen molar-refractivity contribution >= 4 is 0 Å². The van der Waals surface area contributed by atoms with E-state index in [-0.39, 0.29) is 6.61 Å². The van der Waals surface area contributed by atoms with E-state index in [9.17, 15) is 10.2 Å². The smallest absolute Gasteiger partial charge is 0.103 e. The molecule has 0 amide bonds. The highest BCUT2D eigenvalue weighted by Crippen LogP contribution is 2.22. The summed E-state index contributed by atoms with van der Waals surface area (Å²) in [6, 6.07) is 2.12. The van der Waals surface area contributed by atoms with Crippen LogP contribution in [-0.4, -0.2) is 50.2 Å². The SMILES string of the molecule is Cn1ncc(C#N)c1CN1CCCC(O)(CO)C1. The fourth-order valence-electron chi connectivity index (χ4n) is 2.43. The van der Waals surface area contributed by atoms with Gasteiger partial charge in [-0.1, -0.05) is 0 Å². The highest BCUT2D eigenvalue weighted by Gasteiger charge is 2.33. The highest BCUT2D eigenvalue weighted by molar-refractivity contribution is 5.31. The number of β-amino-alcohol motifs (C(OH)–C–C–N with tert-alkyl or cyclic N) is 1. The molecule has 6 heteroatoms. The van der Waals surface area contributed by atoms with Crippen LogP contribution in [0.4, 0.5) is 0 Å². The molecule has 0 aromatic carbocycles. The van der Waals surface area contributed by atoms with Crippen molar-refractivity contribution in [1.82, 2.24) is 14.7 Å². The number of piperidine rings is 1. The lowest BCUT2D eigenvalue weighted by molar-refractivity contribution is -0.0691. The van der Waals surface area contributed by atoms with E-state index in [0.29, 0.717) is 25.1 Å². The Morgan fingerprint density at radius 3 is 3.06 bits per heavy atom. The second-order valence-electron chi connectivity index (χ2n) is 4.94. The van der Waals surface area contributed by atoms with Gasteiger partial charge in [-0.3, -0.25) is 9.58 Å². The zero-order valence-electron chi connectivity index (χ0n) is 10.5. The first-order chi connectivity index (χ1) is 8.58. The standard InChI is InChI=1S/C12H18N4O2/c1-15-11(10(5-13)6-14-15)7-16-4-2-3-12(18,8-16)9-17/h6,17-18H,2-4,7-9H2,1H3. The molecule has 1 aromatic rings. The van der Waals surface area contributed by atoms with Crippen molar-refractivity contribution in [2.45, 2.75) is 25.0 Å². The van der Waals surface area contributed by atoms with E-state index in [1.807, 2.05) is 0 Å². The summed E-state index contributed by atoms with van der Waals surface area (Å²) in [5.74, 6) is 0. The van der Waals surface area contributed by atoms with Crippen LogP contribution in [0, 0.1) is 11.3 Å². The molecular weight excluding hydrogens is 232 g/mol. The molecule has 0 aliphatic carbocycles. The number of nitriles is 1. The number of rotatable bonds is 3. The van der Waals surface area contributed by atoms with E-state index in [1.54, 1.807) is 17.9 Å². The lowest BCUT2D eigenvalue weighted by Crippen LogP contribution is -2.50. The van der Waals surface area contributed by atoms with Crippen molar-refractivity contribution in [2.24, 2.45) is 7.05 Å². The van der Waals surface area contributed by atoms with Gasteiger partial charge in [-0.2, -0.15) is 10.4 Å². The number of aryl methyl sites for hydroxylation is 1. The second kappa shape index (κ2) is 5.06. The first-order valence-electron chi connectivity index (χ1n) is 6.04. The molecule has 0 saturated carbocycles. The van der Waals surface area contributed by atoms with Crippen molar-refractivity contribution in [3.63, 3.8) is 0 Å². The van der Waals surface area contributed by atoms with Crippen molar-refractivity contribution in [3.05, 3.63) is 17.5 Å². The molecule has 0 radical (unpaired) electrons. The number of hydrogen-bond acceptors (Lipinski definition) is 5. The third-order valence-electron chi connectivity index (χ3n) is 3.48. The molecule has 2 N–H and O–H groups in total. The van der Waals surface area contributed by atoms with Gasteiger partial charge < -0.3 is 10.2 Å². The highest BCUT2D eigenvalue weighted by atomic mass is 16.3. The van der Waals surface area contributed by atoms with Crippen LogP contribution in [0.1, 0.15) is 24.1 Å². The zero-order valence-corrected chi connectivity index (χ0v) is 10.5. The molecule has 1 aliphatic rings. The van der Waals surface area contributed by atoms with Gasteiger partial charge in [-0.05, 0) is 19.4 Å². The number of aromatic nitrogens is 2. The van der Waals surface area contributed by atoms with Gasteiger partial charge in [-0.25, -0.2) is 0 Å². The predicted molar refractivity (Wildman–Crippen MR) is 64.5 cm³/mol. The van der Waals surface area contributed by atoms with Gasteiger partial charge in [0.2, 0.25) is 0 Å². The van der Waals surface area contributed by atoms with Crippen LogP contribution < -0.4 is 0 Å². The molecule has 98 valence electrons. The topological polar surface area (TPSA) is 85.3 Å². The van der Waals surface area contributed by atoms with E-state index in [4.69, 9.17) is 5.26 Å². The van der Waals surface area contributed by atoms with Crippen LogP contribution in [0.5, 0.6) is 0 Å². The summed E-state index contributed by atoms with van der Waals surface area (Å²) in [6.07, 6.45) is 3.02. The van der Waals surface area contributed by atoms with E-state index in [2.05, 4.69) is 16.1 Å². The Kier molecular flexibility index (Phi) is 3.66. The molecule has 2 rings (SSSR count). The van der Waals surface area contributed by atoms with Gasteiger partial charge in [-0.15, -0.1) is 0 Å². The maximum atomic E-state index is 10.1. The summed E-state index contributed by atoms with van der Waals surface area (Å²) < 4.78 is 1.69. The molecule has 1 saturated heterocycles. The molecule has 1 atom stereocenters.